The number of aliphatic hydroxyl groups is 1. The van der Waals surface area contributed by atoms with Crippen LogP contribution < -0.4 is 0 Å². The molecule has 65 valence electrons. The molecule has 1 aliphatic carbocycles. The highest BCUT2D eigenvalue weighted by Crippen LogP contribution is 2.27. The molecular weight excluding hydrogens is 136 g/mol. The zero-order valence-corrected chi connectivity index (χ0v) is 7.26. The second kappa shape index (κ2) is 4.76. The van der Waals surface area contributed by atoms with Crippen LogP contribution in [0, 0.1) is 12.8 Å². The van der Waals surface area contributed by atoms with Crippen LogP contribution in [0.1, 0.15) is 44.9 Å². The van der Waals surface area contributed by atoms with Gasteiger partial charge in [-0.15, -0.1) is 0 Å². The molecule has 1 aliphatic rings. The molecular formula is C10H19O. The summed E-state index contributed by atoms with van der Waals surface area (Å²) in [6.45, 7) is 3.58. The Bertz CT molecular complexity index is 93.0. The highest BCUT2D eigenvalue weighted by molar-refractivity contribution is 4.68. The molecule has 11 heavy (non-hydrogen) atoms. The zero-order chi connectivity index (χ0) is 8.10. The first kappa shape index (κ1) is 9.05. The maximum absolute atomic E-state index is 8.97. The quantitative estimate of drug-likeness (QED) is 0.664. The summed E-state index contributed by atoms with van der Waals surface area (Å²) in [7, 11) is 0. The van der Waals surface area contributed by atoms with Crippen LogP contribution in [-0.2, 0) is 0 Å². The molecule has 0 aromatic rings. The Morgan fingerprint density at radius 3 is 2.45 bits per heavy atom. The third-order valence-electron chi connectivity index (χ3n) is 2.63. The molecule has 0 saturated heterocycles. The van der Waals surface area contributed by atoms with E-state index in [2.05, 4.69) is 6.92 Å². The summed E-state index contributed by atoms with van der Waals surface area (Å²) in [5.41, 5.74) is 0. The van der Waals surface area contributed by atoms with Crippen molar-refractivity contribution in [2.75, 3.05) is 0 Å². The summed E-state index contributed by atoms with van der Waals surface area (Å²) in [6.07, 6.45) is 8.73. The van der Waals surface area contributed by atoms with Gasteiger partial charge in [-0.2, -0.15) is 0 Å². The molecule has 1 radical (unpaired) electrons. The van der Waals surface area contributed by atoms with Crippen molar-refractivity contribution in [3.8, 4) is 0 Å². The van der Waals surface area contributed by atoms with Gasteiger partial charge in [-0.1, -0.05) is 32.1 Å². The average molecular weight is 155 g/mol. The van der Waals surface area contributed by atoms with Crippen molar-refractivity contribution in [2.45, 2.75) is 51.0 Å². The molecule has 0 aromatic heterocycles. The van der Waals surface area contributed by atoms with E-state index in [0.717, 1.165) is 12.3 Å². The van der Waals surface area contributed by atoms with Gasteiger partial charge in [-0.3, -0.25) is 0 Å². The third kappa shape index (κ3) is 3.76. The minimum absolute atomic E-state index is 0.336. The van der Waals surface area contributed by atoms with Crippen LogP contribution in [0.4, 0.5) is 0 Å². The van der Waals surface area contributed by atoms with Gasteiger partial charge in [0.1, 0.15) is 0 Å². The van der Waals surface area contributed by atoms with E-state index in [1.54, 1.807) is 0 Å². The van der Waals surface area contributed by atoms with Gasteiger partial charge in [0.15, 0.2) is 0 Å². The van der Waals surface area contributed by atoms with Crippen LogP contribution in [0.2, 0.25) is 0 Å². The standard InChI is InChI=1S/C10H19O/c1-9(11)7-8-10-5-3-2-4-6-10/h9-11H,1-8H2. The molecule has 0 heterocycles. The highest BCUT2D eigenvalue weighted by atomic mass is 16.3. The Morgan fingerprint density at radius 2 is 1.91 bits per heavy atom. The van der Waals surface area contributed by atoms with E-state index in [9.17, 15) is 0 Å². The normalized spacial score (nSPS) is 23.5. The number of aliphatic hydroxyl groups excluding tert-OH is 1. The fourth-order valence-electron chi connectivity index (χ4n) is 1.90. The van der Waals surface area contributed by atoms with Crippen molar-refractivity contribution >= 4 is 0 Å². The molecule has 0 aliphatic heterocycles. The average Bonchev–Trinajstić information content (AvgIpc) is 2.03. The lowest BCUT2D eigenvalue weighted by atomic mass is 9.85. The van der Waals surface area contributed by atoms with Crippen molar-refractivity contribution in [3.05, 3.63) is 6.92 Å². The third-order valence-corrected chi connectivity index (χ3v) is 2.63. The van der Waals surface area contributed by atoms with E-state index in [0.29, 0.717) is 0 Å². The van der Waals surface area contributed by atoms with E-state index < -0.39 is 0 Å². The van der Waals surface area contributed by atoms with Gasteiger partial charge >= 0.3 is 0 Å². The summed E-state index contributed by atoms with van der Waals surface area (Å²) in [5, 5.41) is 8.97. The van der Waals surface area contributed by atoms with Crippen molar-refractivity contribution in [1.82, 2.24) is 0 Å². The van der Waals surface area contributed by atoms with Gasteiger partial charge in [-0.05, 0) is 25.7 Å². The van der Waals surface area contributed by atoms with E-state index in [1.807, 2.05) is 0 Å². The second-order valence-corrected chi connectivity index (χ2v) is 3.74. The van der Waals surface area contributed by atoms with Gasteiger partial charge < -0.3 is 5.11 Å². The van der Waals surface area contributed by atoms with Crippen molar-refractivity contribution in [2.24, 2.45) is 5.92 Å². The minimum atomic E-state index is -0.336. The summed E-state index contributed by atoms with van der Waals surface area (Å²) >= 11 is 0. The Labute approximate surface area is 69.8 Å². The maximum Gasteiger partial charge on any atom is 0.0541 e. The van der Waals surface area contributed by atoms with Crippen LogP contribution >= 0.6 is 0 Å². The van der Waals surface area contributed by atoms with Crippen molar-refractivity contribution < 1.29 is 5.11 Å². The Balaban J connectivity index is 2.05. The lowest BCUT2D eigenvalue weighted by Crippen LogP contribution is -2.09. The molecule has 1 saturated carbocycles. The second-order valence-electron chi connectivity index (χ2n) is 3.74. The molecule has 1 nitrogen and oxygen atoms in total. The first-order valence-electron chi connectivity index (χ1n) is 4.80. The maximum atomic E-state index is 8.97. The van der Waals surface area contributed by atoms with Crippen LogP contribution in [0.3, 0.4) is 0 Å². The van der Waals surface area contributed by atoms with E-state index in [-0.39, 0.29) is 6.10 Å². The van der Waals surface area contributed by atoms with Crippen LogP contribution in [0.5, 0.6) is 0 Å². The highest BCUT2D eigenvalue weighted by Gasteiger charge is 2.13. The fraction of sp³-hybridized carbons (Fsp3) is 0.900. The zero-order valence-electron chi connectivity index (χ0n) is 7.26. The van der Waals surface area contributed by atoms with Gasteiger partial charge in [0, 0.05) is 0 Å². The first-order chi connectivity index (χ1) is 5.29. The molecule has 0 spiro atoms. The summed E-state index contributed by atoms with van der Waals surface area (Å²) in [6, 6.07) is 0. The van der Waals surface area contributed by atoms with Gasteiger partial charge in [0.05, 0.1) is 6.10 Å². The smallest absolute Gasteiger partial charge is 0.0541 e. The van der Waals surface area contributed by atoms with E-state index in [4.69, 9.17) is 5.11 Å². The number of hydrogen-bond donors (Lipinski definition) is 1. The molecule has 1 unspecified atom stereocenters. The van der Waals surface area contributed by atoms with Gasteiger partial charge in [0.2, 0.25) is 0 Å². The molecule has 1 atom stereocenters. The predicted molar refractivity (Wildman–Crippen MR) is 47.2 cm³/mol. The molecule has 1 rings (SSSR count). The SMILES string of the molecule is [CH2]C(O)CCC1CCCCC1. The fourth-order valence-corrected chi connectivity index (χ4v) is 1.90. The predicted octanol–water partition coefficient (Wildman–Crippen LogP) is 2.54. The summed E-state index contributed by atoms with van der Waals surface area (Å²) in [5.74, 6) is 0.889. The molecule has 0 amide bonds. The van der Waals surface area contributed by atoms with E-state index >= 15 is 0 Å². The minimum Gasteiger partial charge on any atom is -0.393 e. The van der Waals surface area contributed by atoms with Gasteiger partial charge in [0.25, 0.3) is 0 Å². The number of hydrogen-bond acceptors (Lipinski definition) is 1. The lowest BCUT2D eigenvalue weighted by Gasteiger charge is -2.21. The monoisotopic (exact) mass is 155 g/mol. The summed E-state index contributed by atoms with van der Waals surface area (Å²) in [4.78, 5) is 0. The van der Waals surface area contributed by atoms with Crippen LogP contribution in [0.25, 0.3) is 0 Å². The first-order valence-corrected chi connectivity index (χ1v) is 4.80. The van der Waals surface area contributed by atoms with Crippen molar-refractivity contribution in [1.29, 1.82) is 0 Å². The van der Waals surface area contributed by atoms with Crippen molar-refractivity contribution in [3.63, 3.8) is 0 Å². The van der Waals surface area contributed by atoms with Crippen LogP contribution in [0.15, 0.2) is 0 Å². The Hall–Kier alpha value is -0.0400. The molecule has 1 fully saturated rings. The molecule has 0 aromatic carbocycles. The number of rotatable bonds is 3. The topological polar surface area (TPSA) is 20.2 Å². The Morgan fingerprint density at radius 1 is 1.27 bits per heavy atom. The Kier molecular flexibility index (Phi) is 3.92. The molecule has 1 N–H and O–H groups in total. The lowest BCUT2D eigenvalue weighted by molar-refractivity contribution is 0.189. The molecule has 1 heteroatoms. The van der Waals surface area contributed by atoms with Gasteiger partial charge in [-0.25, -0.2) is 0 Å². The largest absolute Gasteiger partial charge is 0.393 e. The molecule has 0 bridgehead atoms. The van der Waals surface area contributed by atoms with E-state index in [1.165, 1.54) is 38.5 Å². The van der Waals surface area contributed by atoms with Crippen LogP contribution in [-0.4, -0.2) is 11.2 Å². The summed E-state index contributed by atoms with van der Waals surface area (Å²) < 4.78 is 0.